The summed E-state index contributed by atoms with van der Waals surface area (Å²) < 4.78 is 32.6. The van der Waals surface area contributed by atoms with Crippen LogP contribution in [-0.4, -0.2) is 18.9 Å². The Morgan fingerprint density at radius 2 is 1.24 bits per heavy atom. The fraction of sp³-hybridized carbons (Fsp3) is 0.143. The Balaban J connectivity index is 1.76. The summed E-state index contributed by atoms with van der Waals surface area (Å²) in [6.45, 7) is 3.45. The van der Waals surface area contributed by atoms with E-state index in [1.807, 2.05) is 0 Å². The summed E-state index contributed by atoms with van der Waals surface area (Å²) in [6, 6.07) is 14.7. The Morgan fingerprint density at radius 1 is 0.789 bits per heavy atom. The summed E-state index contributed by atoms with van der Waals surface area (Å²) >= 11 is 11.8. The Bertz CT molecular complexity index is 1400. The number of dihydropyridines is 1. The van der Waals surface area contributed by atoms with Crippen molar-refractivity contribution in [2.45, 2.75) is 19.8 Å². The molecule has 3 N–H and O–H groups in total. The predicted octanol–water partition coefficient (Wildman–Crippen LogP) is 6.79. The van der Waals surface area contributed by atoms with E-state index in [1.165, 1.54) is 31.4 Å². The summed E-state index contributed by atoms with van der Waals surface area (Å²) in [4.78, 5) is 27.2. The van der Waals surface area contributed by atoms with E-state index < -0.39 is 29.4 Å². The Morgan fingerprint density at radius 3 is 1.63 bits per heavy atom. The van der Waals surface area contributed by atoms with Gasteiger partial charge in [0.25, 0.3) is 11.8 Å². The van der Waals surface area contributed by atoms with Gasteiger partial charge in [0.1, 0.15) is 17.4 Å². The normalized spacial score (nSPS) is 13.8. The number of amides is 2. The SMILES string of the molecule is COc1ccc(C2C(C(=O)Nc3ccc(F)c(Cl)c3)=C(C)NC(C)=C2C(=O)Nc2ccc(F)c(Cl)c2)cc1. The summed E-state index contributed by atoms with van der Waals surface area (Å²) in [7, 11) is 1.53. The summed E-state index contributed by atoms with van der Waals surface area (Å²) in [6.07, 6.45) is 0. The molecule has 4 rings (SSSR count). The van der Waals surface area contributed by atoms with Crippen molar-refractivity contribution in [2.75, 3.05) is 17.7 Å². The number of hydrogen-bond acceptors (Lipinski definition) is 4. The zero-order valence-corrected chi connectivity index (χ0v) is 22.1. The molecule has 0 fully saturated rings. The largest absolute Gasteiger partial charge is 0.497 e. The van der Waals surface area contributed by atoms with Crippen LogP contribution in [0.3, 0.4) is 0 Å². The van der Waals surface area contributed by atoms with E-state index in [0.717, 1.165) is 12.1 Å². The number of carbonyl (C=O) groups excluding carboxylic acids is 2. The Kier molecular flexibility index (Phi) is 8.04. The molecule has 0 spiro atoms. The van der Waals surface area contributed by atoms with E-state index in [2.05, 4.69) is 16.0 Å². The number of rotatable bonds is 6. The van der Waals surface area contributed by atoms with Gasteiger partial charge >= 0.3 is 0 Å². The third-order valence-electron chi connectivity index (χ3n) is 6.05. The summed E-state index contributed by atoms with van der Waals surface area (Å²) in [5.74, 6) is -2.46. The number of halogens is 4. The lowest BCUT2D eigenvalue weighted by Crippen LogP contribution is -2.35. The molecule has 0 unspecified atom stereocenters. The van der Waals surface area contributed by atoms with E-state index in [-0.39, 0.29) is 32.6 Å². The van der Waals surface area contributed by atoms with Gasteiger partial charge < -0.3 is 20.7 Å². The first kappa shape index (κ1) is 27.2. The highest BCUT2D eigenvalue weighted by atomic mass is 35.5. The quantitative estimate of drug-likeness (QED) is 0.311. The standard InChI is InChI=1S/C28H23Cl2F2N3O3/c1-14-24(27(36)34-17-6-10-22(31)20(29)12-17)26(16-4-8-19(38-3)9-5-16)25(15(2)33-14)28(37)35-18-7-11-23(32)21(30)13-18/h4-13,26,33H,1-3H3,(H,34,36)(H,35,37). The lowest BCUT2D eigenvalue weighted by atomic mass is 9.79. The third kappa shape index (κ3) is 5.66. The van der Waals surface area contributed by atoms with E-state index >= 15 is 0 Å². The smallest absolute Gasteiger partial charge is 0.254 e. The number of nitrogens with one attached hydrogen (secondary N) is 3. The lowest BCUT2D eigenvalue weighted by molar-refractivity contribution is -0.113. The highest BCUT2D eigenvalue weighted by Gasteiger charge is 2.36. The zero-order valence-electron chi connectivity index (χ0n) is 20.6. The molecule has 0 bridgehead atoms. The molecule has 3 aromatic rings. The van der Waals surface area contributed by atoms with Gasteiger partial charge in [-0.15, -0.1) is 0 Å². The van der Waals surface area contributed by atoms with Gasteiger partial charge in [-0.3, -0.25) is 9.59 Å². The van der Waals surface area contributed by atoms with Gasteiger partial charge in [-0.25, -0.2) is 8.78 Å². The second-order valence-electron chi connectivity index (χ2n) is 8.57. The van der Waals surface area contributed by atoms with Crippen molar-refractivity contribution < 1.29 is 23.1 Å². The molecule has 10 heteroatoms. The number of methoxy groups -OCH3 is 1. The van der Waals surface area contributed by atoms with Gasteiger partial charge in [0, 0.05) is 39.8 Å². The van der Waals surface area contributed by atoms with Gasteiger partial charge in [0.15, 0.2) is 0 Å². The number of allylic oxidation sites excluding steroid dienone is 2. The zero-order chi connectivity index (χ0) is 27.6. The van der Waals surface area contributed by atoms with Crippen LogP contribution in [0.1, 0.15) is 25.3 Å². The van der Waals surface area contributed by atoms with E-state index in [9.17, 15) is 18.4 Å². The number of carbonyl (C=O) groups is 2. The van der Waals surface area contributed by atoms with Crippen molar-refractivity contribution >= 4 is 46.4 Å². The molecule has 38 heavy (non-hydrogen) atoms. The molecule has 0 saturated carbocycles. The van der Waals surface area contributed by atoms with Gasteiger partial charge in [-0.1, -0.05) is 35.3 Å². The molecule has 0 radical (unpaired) electrons. The molecule has 1 heterocycles. The second-order valence-corrected chi connectivity index (χ2v) is 9.39. The minimum Gasteiger partial charge on any atom is -0.497 e. The average molecular weight is 558 g/mol. The monoisotopic (exact) mass is 557 g/mol. The molecule has 1 aliphatic rings. The first-order valence-electron chi connectivity index (χ1n) is 11.4. The summed E-state index contributed by atoms with van der Waals surface area (Å²) in [5, 5.41) is 8.32. The van der Waals surface area contributed by atoms with Crippen molar-refractivity contribution in [2.24, 2.45) is 0 Å². The van der Waals surface area contributed by atoms with Crippen LogP contribution >= 0.6 is 23.2 Å². The minimum absolute atomic E-state index is 0.143. The minimum atomic E-state index is -0.797. The third-order valence-corrected chi connectivity index (χ3v) is 6.63. The van der Waals surface area contributed by atoms with Crippen molar-refractivity contribution in [1.29, 1.82) is 0 Å². The van der Waals surface area contributed by atoms with Crippen LogP contribution in [0.25, 0.3) is 0 Å². The van der Waals surface area contributed by atoms with Crippen LogP contribution in [0, 0.1) is 11.6 Å². The van der Waals surface area contributed by atoms with Crippen LogP contribution in [0.4, 0.5) is 20.2 Å². The topological polar surface area (TPSA) is 79.5 Å². The molecule has 6 nitrogen and oxygen atoms in total. The first-order valence-corrected chi connectivity index (χ1v) is 12.2. The van der Waals surface area contributed by atoms with Crippen LogP contribution in [0.2, 0.25) is 10.0 Å². The van der Waals surface area contributed by atoms with Gasteiger partial charge in [0.05, 0.1) is 17.2 Å². The maximum Gasteiger partial charge on any atom is 0.254 e. The van der Waals surface area contributed by atoms with Crippen molar-refractivity contribution in [3.63, 3.8) is 0 Å². The van der Waals surface area contributed by atoms with Crippen molar-refractivity contribution in [3.8, 4) is 5.75 Å². The lowest BCUT2D eigenvalue weighted by Gasteiger charge is -2.31. The maximum atomic E-state index is 13.7. The molecule has 0 aliphatic carbocycles. The molecule has 196 valence electrons. The second kappa shape index (κ2) is 11.2. The molecule has 0 atom stereocenters. The first-order chi connectivity index (χ1) is 18.1. The van der Waals surface area contributed by atoms with E-state index in [4.69, 9.17) is 27.9 Å². The van der Waals surface area contributed by atoms with E-state index in [1.54, 1.807) is 38.1 Å². The fourth-order valence-corrected chi connectivity index (χ4v) is 4.63. The predicted molar refractivity (Wildman–Crippen MR) is 144 cm³/mol. The average Bonchev–Trinajstić information content (AvgIpc) is 2.88. The summed E-state index contributed by atoms with van der Waals surface area (Å²) in [5.41, 5.74) is 2.80. The highest BCUT2D eigenvalue weighted by Crippen LogP contribution is 2.40. The fourth-order valence-electron chi connectivity index (χ4n) is 4.27. The van der Waals surface area contributed by atoms with Crippen LogP contribution in [-0.2, 0) is 9.59 Å². The van der Waals surface area contributed by atoms with Gasteiger partial charge in [-0.2, -0.15) is 0 Å². The number of ether oxygens (including phenoxy) is 1. The van der Waals surface area contributed by atoms with E-state index in [0.29, 0.717) is 22.7 Å². The van der Waals surface area contributed by atoms with Crippen LogP contribution < -0.4 is 20.7 Å². The van der Waals surface area contributed by atoms with Crippen LogP contribution in [0.5, 0.6) is 5.75 Å². The molecular weight excluding hydrogens is 535 g/mol. The molecule has 1 aliphatic heterocycles. The molecule has 2 amide bonds. The maximum absolute atomic E-state index is 13.7. The van der Waals surface area contributed by atoms with Crippen molar-refractivity contribution in [1.82, 2.24) is 5.32 Å². The Hall–Kier alpha value is -3.88. The number of benzene rings is 3. The molecule has 0 saturated heterocycles. The highest BCUT2D eigenvalue weighted by molar-refractivity contribution is 6.31. The van der Waals surface area contributed by atoms with Crippen molar-refractivity contribution in [3.05, 3.63) is 110 Å². The number of hydrogen-bond donors (Lipinski definition) is 3. The van der Waals surface area contributed by atoms with Gasteiger partial charge in [0.2, 0.25) is 0 Å². The Labute approximate surface area is 228 Å². The van der Waals surface area contributed by atoms with Crippen LogP contribution in [0.15, 0.2) is 83.2 Å². The molecular formula is C28H23Cl2F2N3O3. The molecule has 0 aromatic heterocycles. The van der Waals surface area contributed by atoms with Gasteiger partial charge in [-0.05, 0) is 67.9 Å². The molecule has 3 aromatic carbocycles. The number of anilines is 2.